The number of hydrogen-bond donors (Lipinski definition) is 3. The van der Waals surface area contributed by atoms with Crippen LogP contribution < -0.4 is 16.2 Å². The molecule has 0 bridgehead atoms. The van der Waals surface area contributed by atoms with E-state index >= 15 is 0 Å². The number of rotatable bonds is 9. The zero-order valence-corrected chi connectivity index (χ0v) is 14.3. The Balaban J connectivity index is 3.82. The maximum absolute atomic E-state index is 11.4. The highest BCUT2D eigenvalue weighted by atomic mass is 28.4. The van der Waals surface area contributed by atoms with Crippen molar-refractivity contribution in [2.75, 3.05) is 26.4 Å². The summed E-state index contributed by atoms with van der Waals surface area (Å²) >= 11 is 0. The Bertz CT molecular complexity index is 311. The van der Waals surface area contributed by atoms with Gasteiger partial charge < -0.3 is 18.9 Å². The SMILES string of the molecule is CCOC(=O)NNC(=O)NCCC[Si](C)(OCC)OCC. The molecule has 0 aliphatic heterocycles. The molecule has 0 aromatic carbocycles. The molecule has 0 unspecified atom stereocenters. The monoisotopic (exact) mass is 321 g/mol. The Labute approximate surface area is 127 Å². The normalized spacial score (nSPS) is 10.9. The van der Waals surface area contributed by atoms with Crippen LogP contribution in [0.15, 0.2) is 0 Å². The third kappa shape index (κ3) is 10.1. The number of carbonyl (C=O) groups is 2. The highest BCUT2D eigenvalue weighted by Crippen LogP contribution is 2.15. The molecule has 0 aliphatic rings. The van der Waals surface area contributed by atoms with Gasteiger partial charge in [-0.2, -0.15) is 0 Å². The number of hydrazine groups is 1. The summed E-state index contributed by atoms with van der Waals surface area (Å²) in [6, 6.07) is 0.305. The van der Waals surface area contributed by atoms with E-state index in [-0.39, 0.29) is 6.61 Å². The van der Waals surface area contributed by atoms with Gasteiger partial charge in [-0.05, 0) is 39.8 Å². The molecule has 21 heavy (non-hydrogen) atoms. The van der Waals surface area contributed by atoms with Crippen molar-refractivity contribution >= 4 is 20.7 Å². The first-order valence-electron chi connectivity index (χ1n) is 7.22. The van der Waals surface area contributed by atoms with Crippen LogP contribution in [0.25, 0.3) is 0 Å². The molecule has 0 rings (SSSR count). The van der Waals surface area contributed by atoms with Gasteiger partial charge in [-0.15, -0.1) is 0 Å². The van der Waals surface area contributed by atoms with Gasteiger partial charge in [0.1, 0.15) is 0 Å². The molecule has 0 aromatic rings. The first kappa shape index (κ1) is 19.7. The van der Waals surface area contributed by atoms with Crippen molar-refractivity contribution in [1.29, 1.82) is 0 Å². The van der Waals surface area contributed by atoms with Crippen molar-refractivity contribution < 1.29 is 23.2 Å². The summed E-state index contributed by atoms with van der Waals surface area (Å²) in [5, 5.41) is 2.63. The van der Waals surface area contributed by atoms with E-state index in [1.165, 1.54) is 0 Å². The van der Waals surface area contributed by atoms with E-state index in [1.807, 2.05) is 20.4 Å². The number of amides is 3. The quantitative estimate of drug-likeness (QED) is 0.339. The minimum Gasteiger partial charge on any atom is -0.449 e. The largest absolute Gasteiger partial charge is 0.449 e. The summed E-state index contributed by atoms with van der Waals surface area (Å²) in [5.74, 6) is 0. The standard InChI is InChI=1S/C12H27N3O5Si/c1-5-18-12(17)15-14-11(16)13-9-8-10-21(4,19-6-2)20-7-3/h5-10H2,1-4H3,(H,15,17)(H2,13,14,16). The molecule has 0 fully saturated rings. The number of urea groups is 1. The second kappa shape index (κ2) is 11.3. The predicted octanol–water partition coefficient (Wildman–Crippen LogP) is 1.48. The van der Waals surface area contributed by atoms with Gasteiger partial charge in [0.15, 0.2) is 0 Å². The molecule has 0 aromatic heterocycles. The van der Waals surface area contributed by atoms with Gasteiger partial charge in [-0.3, -0.25) is 0 Å². The van der Waals surface area contributed by atoms with Crippen molar-refractivity contribution in [2.24, 2.45) is 0 Å². The summed E-state index contributed by atoms with van der Waals surface area (Å²) in [7, 11) is -2.13. The summed E-state index contributed by atoms with van der Waals surface area (Å²) in [4.78, 5) is 22.3. The predicted molar refractivity (Wildman–Crippen MR) is 81.0 cm³/mol. The Kier molecular flexibility index (Phi) is 10.6. The summed E-state index contributed by atoms with van der Waals surface area (Å²) < 4.78 is 16.0. The molecule has 3 N–H and O–H groups in total. The lowest BCUT2D eigenvalue weighted by molar-refractivity contribution is 0.147. The maximum Gasteiger partial charge on any atom is 0.426 e. The number of nitrogens with one attached hydrogen (secondary N) is 3. The zero-order valence-electron chi connectivity index (χ0n) is 13.3. The Morgan fingerprint density at radius 2 is 1.62 bits per heavy atom. The number of ether oxygens (including phenoxy) is 1. The Morgan fingerprint density at radius 3 is 2.14 bits per heavy atom. The highest BCUT2D eigenvalue weighted by Gasteiger charge is 2.29. The molecular formula is C12H27N3O5Si. The van der Waals surface area contributed by atoms with Crippen molar-refractivity contribution in [2.45, 2.75) is 39.8 Å². The van der Waals surface area contributed by atoms with E-state index in [2.05, 4.69) is 20.9 Å². The fourth-order valence-electron chi connectivity index (χ4n) is 1.73. The van der Waals surface area contributed by atoms with Crippen molar-refractivity contribution in [3.63, 3.8) is 0 Å². The van der Waals surface area contributed by atoms with Gasteiger partial charge >= 0.3 is 20.7 Å². The maximum atomic E-state index is 11.4. The van der Waals surface area contributed by atoms with Crippen LogP contribution in [0.2, 0.25) is 12.6 Å². The average Bonchev–Trinajstić information content (AvgIpc) is 2.42. The molecule has 0 radical (unpaired) electrons. The topological polar surface area (TPSA) is 97.9 Å². The molecule has 0 saturated carbocycles. The van der Waals surface area contributed by atoms with E-state index in [4.69, 9.17) is 8.85 Å². The zero-order chi connectivity index (χ0) is 16.1. The van der Waals surface area contributed by atoms with Gasteiger partial charge in [0, 0.05) is 19.8 Å². The average molecular weight is 321 g/mol. The molecule has 124 valence electrons. The van der Waals surface area contributed by atoms with E-state index in [1.54, 1.807) is 6.92 Å². The molecule has 0 saturated heterocycles. The fraction of sp³-hybridized carbons (Fsp3) is 0.833. The van der Waals surface area contributed by atoms with E-state index in [0.717, 1.165) is 12.5 Å². The van der Waals surface area contributed by atoms with Crippen LogP contribution in [0.4, 0.5) is 9.59 Å². The van der Waals surface area contributed by atoms with Crippen LogP contribution in [0.5, 0.6) is 0 Å². The van der Waals surface area contributed by atoms with Gasteiger partial charge in [0.25, 0.3) is 0 Å². The van der Waals surface area contributed by atoms with E-state index in [0.29, 0.717) is 19.8 Å². The van der Waals surface area contributed by atoms with Crippen LogP contribution in [0.1, 0.15) is 27.2 Å². The molecule has 0 aliphatic carbocycles. The van der Waals surface area contributed by atoms with Crippen molar-refractivity contribution in [3.8, 4) is 0 Å². The van der Waals surface area contributed by atoms with Crippen molar-refractivity contribution in [3.05, 3.63) is 0 Å². The summed E-state index contributed by atoms with van der Waals surface area (Å²) in [6.45, 7) is 9.54. The van der Waals surface area contributed by atoms with Gasteiger partial charge in [-0.25, -0.2) is 20.4 Å². The molecule has 0 spiro atoms. The highest BCUT2D eigenvalue weighted by molar-refractivity contribution is 6.66. The second-order valence-corrected chi connectivity index (χ2v) is 7.67. The lowest BCUT2D eigenvalue weighted by Gasteiger charge is -2.25. The first-order chi connectivity index (χ1) is 9.97. The lowest BCUT2D eigenvalue weighted by atomic mass is 10.5. The minimum absolute atomic E-state index is 0.243. The van der Waals surface area contributed by atoms with Crippen LogP contribution in [-0.2, 0) is 13.6 Å². The summed E-state index contributed by atoms with van der Waals surface area (Å²) in [6.07, 6.45) is 0.0514. The van der Waals surface area contributed by atoms with Crippen LogP contribution in [0.3, 0.4) is 0 Å². The Morgan fingerprint density at radius 1 is 1.00 bits per heavy atom. The molecular weight excluding hydrogens is 294 g/mol. The second-order valence-electron chi connectivity index (χ2n) is 4.33. The van der Waals surface area contributed by atoms with Gasteiger partial charge in [0.05, 0.1) is 6.61 Å². The van der Waals surface area contributed by atoms with Crippen LogP contribution in [0, 0.1) is 0 Å². The fourth-order valence-corrected chi connectivity index (χ4v) is 4.14. The number of carbonyl (C=O) groups excluding carboxylic acids is 2. The molecule has 3 amide bonds. The smallest absolute Gasteiger partial charge is 0.426 e. The third-order valence-corrected chi connectivity index (χ3v) is 5.61. The van der Waals surface area contributed by atoms with Crippen LogP contribution in [-0.4, -0.2) is 47.1 Å². The first-order valence-corrected chi connectivity index (χ1v) is 9.74. The van der Waals surface area contributed by atoms with Gasteiger partial charge in [-0.1, -0.05) is 0 Å². The number of hydrogen-bond acceptors (Lipinski definition) is 5. The molecule has 9 heteroatoms. The van der Waals surface area contributed by atoms with E-state index in [9.17, 15) is 9.59 Å². The van der Waals surface area contributed by atoms with Gasteiger partial charge in [0.2, 0.25) is 0 Å². The summed E-state index contributed by atoms with van der Waals surface area (Å²) in [5.41, 5.74) is 4.31. The molecule has 8 nitrogen and oxygen atoms in total. The molecule has 0 heterocycles. The van der Waals surface area contributed by atoms with Crippen LogP contribution >= 0.6 is 0 Å². The minimum atomic E-state index is -2.13. The molecule has 0 atom stereocenters. The Hall–Kier alpha value is -1.32. The third-order valence-electron chi connectivity index (χ3n) is 2.55. The van der Waals surface area contributed by atoms with Crippen molar-refractivity contribution in [1.82, 2.24) is 16.2 Å². The lowest BCUT2D eigenvalue weighted by Crippen LogP contribution is -2.47. The van der Waals surface area contributed by atoms with E-state index < -0.39 is 20.7 Å².